The number of pyridine rings is 1. The van der Waals surface area contributed by atoms with E-state index in [1.165, 1.54) is 12.0 Å². The minimum Gasteiger partial charge on any atom is -0.478 e. The molecule has 1 saturated heterocycles. The number of furan rings is 1. The number of likely N-dealkylation sites (tertiary alicyclic amines) is 1. The SMILES string of the molecule is COc1nccc2cc(C3(O)CCN(C(=O)O)CC3)oc12. The number of piperidine rings is 1. The number of fused-ring (bicyclic) bond motifs is 1. The van der Waals surface area contributed by atoms with E-state index in [4.69, 9.17) is 14.3 Å². The van der Waals surface area contributed by atoms with Gasteiger partial charge in [0.1, 0.15) is 11.4 Å². The van der Waals surface area contributed by atoms with Gasteiger partial charge in [-0.2, -0.15) is 0 Å². The molecule has 0 atom stereocenters. The highest BCUT2D eigenvalue weighted by Gasteiger charge is 2.38. The van der Waals surface area contributed by atoms with Gasteiger partial charge in [-0.05, 0) is 12.1 Å². The lowest BCUT2D eigenvalue weighted by Crippen LogP contribution is -2.44. The summed E-state index contributed by atoms with van der Waals surface area (Å²) in [5.74, 6) is 0.791. The van der Waals surface area contributed by atoms with Crippen molar-refractivity contribution >= 4 is 17.1 Å². The highest BCUT2D eigenvalue weighted by atomic mass is 16.5. The van der Waals surface area contributed by atoms with E-state index in [1.807, 2.05) is 0 Å². The minimum absolute atomic E-state index is 0.276. The quantitative estimate of drug-likeness (QED) is 0.876. The van der Waals surface area contributed by atoms with Gasteiger partial charge >= 0.3 is 6.09 Å². The maximum Gasteiger partial charge on any atom is 0.407 e. The summed E-state index contributed by atoms with van der Waals surface area (Å²) in [7, 11) is 1.50. The summed E-state index contributed by atoms with van der Waals surface area (Å²) in [5, 5.41) is 20.5. The summed E-state index contributed by atoms with van der Waals surface area (Å²) in [5.41, 5.74) is -0.667. The zero-order valence-corrected chi connectivity index (χ0v) is 11.6. The van der Waals surface area contributed by atoms with E-state index >= 15 is 0 Å². The smallest absolute Gasteiger partial charge is 0.407 e. The molecule has 7 heteroatoms. The van der Waals surface area contributed by atoms with Gasteiger partial charge in [0.05, 0.1) is 7.11 Å². The average Bonchev–Trinajstić information content (AvgIpc) is 2.92. The Morgan fingerprint density at radius 2 is 2.19 bits per heavy atom. The first-order chi connectivity index (χ1) is 10.0. The van der Waals surface area contributed by atoms with Gasteiger partial charge in [-0.15, -0.1) is 0 Å². The fourth-order valence-corrected chi connectivity index (χ4v) is 2.63. The summed E-state index contributed by atoms with van der Waals surface area (Å²) in [6.07, 6.45) is 1.24. The Balaban J connectivity index is 1.92. The van der Waals surface area contributed by atoms with Crippen molar-refractivity contribution in [2.45, 2.75) is 18.4 Å². The summed E-state index contributed by atoms with van der Waals surface area (Å²) in [6, 6.07) is 3.54. The van der Waals surface area contributed by atoms with Crippen molar-refractivity contribution in [1.82, 2.24) is 9.88 Å². The van der Waals surface area contributed by atoms with Gasteiger partial charge in [-0.1, -0.05) is 0 Å². The highest BCUT2D eigenvalue weighted by Crippen LogP contribution is 2.37. The molecule has 2 aromatic rings. The van der Waals surface area contributed by atoms with Gasteiger partial charge in [-0.25, -0.2) is 9.78 Å². The Labute approximate surface area is 120 Å². The first-order valence-corrected chi connectivity index (χ1v) is 6.67. The first kappa shape index (κ1) is 13.7. The van der Waals surface area contributed by atoms with Crippen molar-refractivity contribution in [2.75, 3.05) is 20.2 Å². The number of amides is 1. The Kier molecular flexibility index (Phi) is 3.21. The molecule has 1 fully saturated rings. The molecular formula is C14H16N2O5. The van der Waals surface area contributed by atoms with Gasteiger partial charge in [0, 0.05) is 37.5 Å². The van der Waals surface area contributed by atoms with Gasteiger partial charge in [0.25, 0.3) is 5.88 Å². The molecule has 112 valence electrons. The van der Waals surface area contributed by atoms with Crippen LogP contribution in [-0.4, -0.2) is 46.4 Å². The minimum atomic E-state index is -1.16. The standard InChI is InChI=1S/C14H16N2O5/c1-20-12-11-9(2-5-15-12)8-10(21-11)14(19)3-6-16(7-4-14)13(17)18/h2,5,8,19H,3-4,6-7H2,1H3,(H,17,18). The molecule has 1 aliphatic rings. The van der Waals surface area contributed by atoms with Crippen molar-refractivity contribution in [3.63, 3.8) is 0 Å². The van der Waals surface area contributed by atoms with E-state index in [-0.39, 0.29) is 13.1 Å². The lowest BCUT2D eigenvalue weighted by molar-refractivity contribution is -0.0365. The van der Waals surface area contributed by atoms with Crippen LogP contribution in [0, 0.1) is 0 Å². The van der Waals surface area contributed by atoms with E-state index in [0.717, 1.165) is 5.39 Å². The molecule has 0 bridgehead atoms. The van der Waals surface area contributed by atoms with Gasteiger partial charge in [0.2, 0.25) is 0 Å². The normalized spacial score (nSPS) is 17.9. The van der Waals surface area contributed by atoms with Crippen LogP contribution in [0.4, 0.5) is 4.79 Å². The molecule has 2 aromatic heterocycles. The van der Waals surface area contributed by atoms with E-state index < -0.39 is 11.7 Å². The molecule has 1 amide bonds. The molecule has 3 rings (SSSR count). The number of methoxy groups -OCH3 is 1. The molecule has 3 heterocycles. The largest absolute Gasteiger partial charge is 0.478 e. The van der Waals surface area contributed by atoms with Gasteiger partial charge in [0.15, 0.2) is 5.58 Å². The van der Waals surface area contributed by atoms with Crippen LogP contribution >= 0.6 is 0 Å². The highest BCUT2D eigenvalue weighted by molar-refractivity contribution is 5.82. The zero-order chi connectivity index (χ0) is 15.0. The monoisotopic (exact) mass is 292 g/mol. The molecule has 0 spiro atoms. The number of carboxylic acid groups (broad SMARTS) is 1. The van der Waals surface area contributed by atoms with Crippen LogP contribution in [0.5, 0.6) is 5.88 Å². The molecule has 0 aliphatic carbocycles. The fourth-order valence-electron chi connectivity index (χ4n) is 2.63. The number of aromatic nitrogens is 1. The molecule has 0 saturated carbocycles. The average molecular weight is 292 g/mol. The number of carbonyl (C=O) groups is 1. The third-order valence-corrected chi connectivity index (χ3v) is 3.91. The predicted molar refractivity (Wildman–Crippen MR) is 73.3 cm³/mol. The van der Waals surface area contributed by atoms with Crippen LogP contribution in [0.15, 0.2) is 22.7 Å². The van der Waals surface area contributed by atoms with E-state index in [9.17, 15) is 9.90 Å². The molecule has 0 aromatic carbocycles. The Morgan fingerprint density at radius 1 is 1.48 bits per heavy atom. The second-order valence-electron chi connectivity index (χ2n) is 5.15. The molecule has 2 N–H and O–H groups in total. The van der Waals surface area contributed by atoms with Crippen molar-refractivity contribution in [3.05, 3.63) is 24.1 Å². The van der Waals surface area contributed by atoms with Crippen LogP contribution in [-0.2, 0) is 5.60 Å². The third-order valence-electron chi connectivity index (χ3n) is 3.91. The summed E-state index contributed by atoms with van der Waals surface area (Å²) in [4.78, 5) is 16.3. The molecule has 7 nitrogen and oxygen atoms in total. The summed E-state index contributed by atoms with van der Waals surface area (Å²) >= 11 is 0. The zero-order valence-electron chi connectivity index (χ0n) is 11.6. The topological polar surface area (TPSA) is 96.0 Å². The van der Waals surface area contributed by atoms with E-state index in [0.29, 0.717) is 30.1 Å². The maximum absolute atomic E-state index is 10.9. The van der Waals surface area contributed by atoms with Crippen molar-refractivity contribution in [2.24, 2.45) is 0 Å². The molecular weight excluding hydrogens is 276 g/mol. The molecule has 21 heavy (non-hydrogen) atoms. The van der Waals surface area contributed by atoms with Crippen LogP contribution in [0.25, 0.3) is 11.0 Å². The fraction of sp³-hybridized carbons (Fsp3) is 0.429. The lowest BCUT2D eigenvalue weighted by Gasteiger charge is -2.35. The van der Waals surface area contributed by atoms with Crippen molar-refractivity contribution in [3.8, 4) is 5.88 Å². The van der Waals surface area contributed by atoms with Crippen LogP contribution in [0.2, 0.25) is 0 Å². The molecule has 0 radical (unpaired) electrons. The number of nitrogens with zero attached hydrogens (tertiary/aromatic N) is 2. The Hall–Kier alpha value is -2.28. The first-order valence-electron chi connectivity index (χ1n) is 6.67. The molecule has 0 unspecified atom stereocenters. The number of hydrogen-bond donors (Lipinski definition) is 2. The summed E-state index contributed by atoms with van der Waals surface area (Å²) < 4.78 is 10.9. The number of ether oxygens (including phenoxy) is 1. The van der Waals surface area contributed by atoms with E-state index in [2.05, 4.69) is 4.98 Å². The lowest BCUT2D eigenvalue weighted by atomic mass is 9.89. The second-order valence-corrected chi connectivity index (χ2v) is 5.15. The van der Waals surface area contributed by atoms with E-state index in [1.54, 1.807) is 18.3 Å². The Morgan fingerprint density at radius 3 is 2.81 bits per heavy atom. The number of aliphatic hydroxyl groups is 1. The second kappa shape index (κ2) is 4.92. The Bertz CT molecular complexity index is 673. The van der Waals surface area contributed by atoms with Crippen LogP contribution in [0.3, 0.4) is 0 Å². The number of rotatable bonds is 2. The van der Waals surface area contributed by atoms with Crippen molar-refractivity contribution in [1.29, 1.82) is 0 Å². The van der Waals surface area contributed by atoms with Crippen LogP contribution < -0.4 is 4.74 Å². The number of hydrogen-bond acceptors (Lipinski definition) is 5. The molecule has 1 aliphatic heterocycles. The van der Waals surface area contributed by atoms with Crippen molar-refractivity contribution < 1.29 is 24.2 Å². The maximum atomic E-state index is 10.9. The van der Waals surface area contributed by atoms with Gasteiger partial charge in [-0.3, -0.25) is 0 Å². The van der Waals surface area contributed by atoms with Gasteiger partial charge < -0.3 is 24.3 Å². The van der Waals surface area contributed by atoms with Crippen LogP contribution in [0.1, 0.15) is 18.6 Å². The summed E-state index contributed by atoms with van der Waals surface area (Å²) in [6.45, 7) is 0.552. The third kappa shape index (κ3) is 2.29. The predicted octanol–water partition coefficient (Wildman–Crippen LogP) is 1.80.